The van der Waals surface area contributed by atoms with Gasteiger partial charge in [-0.15, -0.1) is 0 Å². The van der Waals surface area contributed by atoms with Crippen LogP contribution >= 0.6 is 11.6 Å². The molecule has 4 aromatic rings. The van der Waals surface area contributed by atoms with Crippen LogP contribution in [0.1, 0.15) is 21.6 Å². The van der Waals surface area contributed by atoms with Gasteiger partial charge in [0.1, 0.15) is 11.4 Å². The Hall–Kier alpha value is -4.29. The molecule has 0 saturated heterocycles. The third kappa shape index (κ3) is 3.74. The first-order chi connectivity index (χ1) is 16.3. The van der Waals surface area contributed by atoms with E-state index in [0.717, 1.165) is 22.3 Å². The molecular formula is C27H19ClN2O4. The van der Waals surface area contributed by atoms with Crippen molar-refractivity contribution in [2.75, 3.05) is 5.32 Å². The lowest BCUT2D eigenvalue weighted by Crippen LogP contribution is -2.03. The average Bonchev–Trinajstić information content (AvgIpc) is 3.32. The van der Waals surface area contributed by atoms with Crippen LogP contribution < -0.4 is 5.32 Å². The first kappa shape index (κ1) is 21.6. The Morgan fingerprint density at radius 2 is 1.65 bits per heavy atom. The molecule has 0 fully saturated rings. The zero-order chi connectivity index (χ0) is 24.0. The number of carboxylic acid groups (broad SMARTS) is 1. The maximum atomic E-state index is 12.7. The van der Waals surface area contributed by atoms with Gasteiger partial charge in [0.2, 0.25) is 0 Å². The number of amides is 1. The summed E-state index contributed by atoms with van der Waals surface area (Å²) in [5.41, 5.74) is 5.69. The summed E-state index contributed by atoms with van der Waals surface area (Å²) in [6, 6.07) is 19.9. The molecule has 0 radical (unpaired) electrons. The van der Waals surface area contributed by atoms with Crippen molar-refractivity contribution in [3.63, 3.8) is 0 Å². The van der Waals surface area contributed by atoms with Gasteiger partial charge in [-0.05, 0) is 47.0 Å². The number of carbonyl (C=O) groups excluding carboxylic acids is 1. The number of hydrogen-bond donors (Lipinski definition) is 3. The van der Waals surface area contributed by atoms with E-state index in [-0.39, 0.29) is 17.4 Å². The molecule has 168 valence electrons. The fraction of sp³-hybridized carbons (Fsp3) is 0.0370. The molecule has 0 saturated carbocycles. The third-order valence-electron chi connectivity index (χ3n) is 5.86. The van der Waals surface area contributed by atoms with E-state index in [0.29, 0.717) is 27.4 Å². The van der Waals surface area contributed by atoms with Crippen LogP contribution in [0.3, 0.4) is 0 Å². The van der Waals surface area contributed by atoms with Crippen molar-refractivity contribution in [1.82, 2.24) is 4.57 Å². The number of rotatable bonds is 4. The van der Waals surface area contributed by atoms with Crippen LogP contribution in [0.5, 0.6) is 5.75 Å². The molecule has 1 aliphatic rings. The number of aryl methyl sites for hydroxylation is 1. The molecule has 5 rings (SSSR count). The summed E-state index contributed by atoms with van der Waals surface area (Å²) in [6.07, 6.45) is 3.34. The van der Waals surface area contributed by atoms with Gasteiger partial charge in [-0.2, -0.15) is 0 Å². The molecule has 3 aromatic carbocycles. The van der Waals surface area contributed by atoms with Gasteiger partial charge < -0.3 is 20.1 Å². The normalized spacial score (nSPS) is 13.7. The second-order valence-corrected chi connectivity index (χ2v) is 8.47. The number of hydrogen-bond acceptors (Lipinski definition) is 3. The Balaban J connectivity index is 1.54. The first-order valence-corrected chi connectivity index (χ1v) is 10.8. The quantitative estimate of drug-likeness (QED) is 0.323. The minimum absolute atomic E-state index is 0.131. The van der Waals surface area contributed by atoms with E-state index in [1.54, 1.807) is 37.5 Å². The largest absolute Gasteiger partial charge is 0.507 e. The summed E-state index contributed by atoms with van der Waals surface area (Å²) in [7, 11) is 1.64. The molecule has 0 spiro atoms. The van der Waals surface area contributed by atoms with E-state index in [2.05, 4.69) is 5.32 Å². The fourth-order valence-corrected chi connectivity index (χ4v) is 4.44. The summed E-state index contributed by atoms with van der Waals surface area (Å²) in [5.74, 6) is -1.11. The topological polar surface area (TPSA) is 91.6 Å². The van der Waals surface area contributed by atoms with E-state index in [1.807, 2.05) is 42.5 Å². The number of phenolic OH excluding ortho intramolecular Hbond substituents is 1. The lowest BCUT2D eigenvalue weighted by atomic mass is 9.96. The summed E-state index contributed by atoms with van der Waals surface area (Å²) >= 11 is 6.56. The van der Waals surface area contributed by atoms with Crippen LogP contribution in [0.2, 0.25) is 5.02 Å². The van der Waals surface area contributed by atoms with Crippen molar-refractivity contribution in [3.05, 3.63) is 94.8 Å². The number of aromatic hydroxyl groups is 1. The molecule has 34 heavy (non-hydrogen) atoms. The maximum absolute atomic E-state index is 12.7. The second-order valence-electron chi connectivity index (χ2n) is 8.06. The van der Waals surface area contributed by atoms with Gasteiger partial charge in [0.05, 0.1) is 10.7 Å². The molecule has 0 bridgehead atoms. The van der Waals surface area contributed by atoms with E-state index < -0.39 is 5.97 Å². The van der Waals surface area contributed by atoms with Crippen LogP contribution in [-0.2, 0) is 11.8 Å². The number of phenols is 1. The predicted molar refractivity (Wildman–Crippen MR) is 133 cm³/mol. The zero-order valence-corrected chi connectivity index (χ0v) is 18.8. The van der Waals surface area contributed by atoms with Crippen LogP contribution in [0.25, 0.3) is 33.9 Å². The van der Waals surface area contributed by atoms with Gasteiger partial charge in [-0.1, -0.05) is 54.1 Å². The SMILES string of the molecule is Cn1cc(C=C2C(=O)Nc3cc(Cl)c(-c4ccc(-c5ccccc5O)cc4)cc32)cc1C(=O)O. The lowest BCUT2D eigenvalue weighted by Gasteiger charge is -2.10. The Labute approximate surface area is 200 Å². The highest BCUT2D eigenvalue weighted by atomic mass is 35.5. The van der Waals surface area contributed by atoms with Crippen molar-refractivity contribution in [1.29, 1.82) is 0 Å². The van der Waals surface area contributed by atoms with Crippen LogP contribution in [0.4, 0.5) is 5.69 Å². The van der Waals surface area contributed by atoms with Crippen molar-refractivity contribution in [2.45, 2.75) is 0 Å². The molecule has 3 N–H and O–H groups in total. The standard InChI is InChI=1S/C27H19ClN2O4/c1-30-14-15(11-24(30)27(33)34)10-21-20-12-19(22(28)13-23(20)29-26(21)32)17-8-6-16(7-9-17)18-4-2-3-5-25(18)31/h2-14,31H,1H3,(H,29,32)(H,33,34). The number of halogens is 1. The molecule has 0 unspecified atom stereocenters. The van der Waals surface area contributed by atoms with Gasteiger partial charge >= 0.3 is 5.97 Å². The van der Waals surface area contributed by atoms with Gasteiger partial charge in [0.15, 0.2) is 0 Å². The first-order valence-electron chi connectivity index (χ1n) is 10.5. The maximum Gasteiger partial charge on any atom is 0.352 e. The monoisotopic (exact) mass is 470 g/mol. The number of carboxylic acids is 1. The Kier molecular flexibility index (Phi) is 5.23. The summed E-state index contributed by atoms with van der Waals surface area (Å²) in [6.45, 7) is 0. The lowest BCUT2D eigenvalue weighted by molar-refractivity contribution is -0.110. The summed E-state index contributed by atoms with van der Waals surface area (Å²) < 4.78 is 1.50. The van der Waals surface area contributed by atoms with Crippen molar-refractivity contribution >= 4 is 40.8 Å². The molecule has 2 heterocycles. The minimum atomic E-state index is -1.04. The van der Waals surface area contributed by atoms with E-state index in [1.165, 1.54) is 10.6 Å². The molecule has 6 nitrogen and oxygen atoms in total. The van der Waals surface area contributed by atoms with Gasteiger partial charge in [-0.25, -0.2) is 4.79 Å². The van der Waals surface area contributed by atoms with Crippen LogP contribution in [0.15, 0.2) is 72.9 Å². The smallest absolute Gasteiger partial charge is 0.352 e. The Bertz CT molecular complexity index is 1500. The van der Waals surface area contributed by atoms with Crippen LogP contribution in [-0.4, -0.2) is 26.7 Å². The number of nitrogens with one attached hydrogen (secondary N) is 1. The number of anilines is 1. The summed E-state index contributed by atoms with van der Waals surface area (Å²) in [5, 5.41) is 22.7. The predicted octanol–water partition coefficient (Wildman–Crippen LogP) is 5.91. The molecular weight excluding hydrogens is 452 g/mol. The van der Waals surface area contributed by atoms with Gasteiger partial charge in [0.25, 0.3) is 5.91 Å². The summed E-state index contributed by atoms with van der Waals surface area (Å²) in [4.78, 5) is 24.0. The second kappa shape index (κ2) is 8.24. The van der Waals surface area contributed by atoms with Gasteiger partial charge in [-0.3, -0.25) is 4.79 Å². The zero-order valence-electron chi connectivity index (χ0n) is 18.0. The van der Waals surface area contributed by atoms with Crippen molar-refractivity contribution < 1.29 is 19.8 Å². The number of fused-ring (bicyclic) bond motifs is 1. The highest BCUT2D eigenvalue weighted by Crippen LogP contribution is 2.41. The van der Waals surface area contributed by atoms with Crippen molar-refractivity contribution in [2.24, 2.45) is 7.05 Å². The molecule has 0 aliphatic carbocycles. The van der Waals surface area contributed by atoms with E-state index >= 15 is 0 Å². The molecule has 7 heteroatoms. The molecule has 1 amide bonds. The molecule has 1 aliphatic heterocycles. The number of benzene rings is 3. The van der Waals surface area contributed by atoms with E-state index in [9.17, 15) is 19.8 Å². The minimum Gasteiger partial charge on any atom is -0.507 e. The average molecular weight is 471 g/mol. The number of carbonyl (C=O) groups is 2. The van der Waals surface area contributed by atoms with Gasteiger partial charge in [0, 0.05) is 35.5 Å². The number of aromatic nitrogens is 1. The number of aromatic carboxylic acids is 1. The number of para-hydroxylation sites is 1. The fourth-order valence-electron chi connectivity index (χ4n) is 4.17. The third-order valence-corrected chi connectivity index (χ3v) is 6.17. The molecule has 1 aromatic heterocycles. The Morgan fingerprint density at radius 1 is 0.971 bits per heavy atom. The highest BCUT2D eigenvalue weighted by molar-refractivity contribution is 6.38. The Morgan fingerprint density at radius 3 is 2.29 bits per heavy atom. The molecule has 0 atom stereocenters. The van der Waals surface area contributed by atoms with Crippen molar-refractivity contribution in [3.8, 4) is 28.0 Å². The highest BCUT2D eigenvalue weighted by Gasteiger charge is 2.26. The number of nitrogens with zero attached hydrogens (tertiary/aromatic N) is 1. The van der Waals surface area contributed by atoms with Crippen LogP contribution in [0, 0.1) is 0 Å². The van der Waals surface area contributed by atoms with E-state index in [4.69, 9.17) is 11.6 Å².